The van der Waals surface area contributed by atoms with Crippen LogP contribution in [0.4, 0.5) is 0 Å². The highest BCUT2D eigenvalue weighted by molar-refractivity contribution is 14.1. The van der Waals surface area contributed by atoms with E-state index in [-0.39, 0.29) is 5.97 Å². The fraction of sp³-hybridized carbons (Fsp3) is 0.500. The van der Waals surface area contributed by atoms with Gasteiger partial charge >= 0.3 is 5.97 Å². The summed E-state index contributed by atoms with van der Waals surface area (Å²) in [7, 11) is 1.38. The van der Waals surface area contributed by atoms with Gasteiger partial charge in [0.15, 0.2) is 0 Å². The Bertz CT molecular complexity index is 451. The van der Waals surface area contributed by atoms with E-state index in [4.69, 9.17) is 4.74 Å². The van der Waals surface area contributed by atoms with Gasteiger partial charge in [-0.2, -0.15) is 0 Å². The molecular weight excluding hydrogens is 343 g/mol. The molecule has 0 radical (unpaired) electrons. The second-order valence-electron chi connectivity index (χ2n) is 4.72. The van der Waals surface area contributed by atoms with Crippen molar-refractivity contribution in [2.45, 2.75) is 38.0 Å². The van der Waals surface area contributed by atoms with Crippen molar-refractivity contribution in [3.63, 3.8) is 0 Å². The van der Waals surface area contributed by atoms with Crippen LogP contribution >= 0.6 is 22.6 Å². The summed E-state index contributed by atoms with van der Waals surface area (Å²) in [6.07, 6.45) is 5.85. The van der Waals surface area contributed by atoms with Crippen LogP contribution in [0.2, 0.25) is 0 Å². The minimum atomic E-state index is -0.343. The molecule has 1 saturated carbocycles. The number of carbonyl (C=O) groups is 1. The molecule has 0 aromatic heterocycles. The number of aromatic hydroxyl groups is 1. The van der Waals surface area contributed by atoms with E-state index in [1.807, 2.05) is 0 Å². The van der Waals surface area contributed by atoms with Crippen LogP contribution in [-0.2, 0) is 4.74 Å². The molecule has 1 aromatic carbocycles. The van der Waals surface area contributed by atoms with Crippen LogP contribution < -0.4 is 0 Å². The number of halogens is 1. The van der Waals surface area contributed by atoms with Crippen molar-refractivity contribution in [3.05, 3.63) is 26.8 Å². The Morgan fingerprint density at radius 1 is 1.33 bits per heavy atom. The van der Waals surface area contributed by atoms with Crippen molar-refractivity contribution in [1.82, 2.24) is 0 Å². The maximum Gasteiger partial charge on any atom is 0.337 e. The topological polar surface area (TPSA) is 46.5 Å². The van der Waals surface area contributed by atoms with Gasteiger partial charge in [0.25, 0.3) is 0 Å². The SMILES string of the molecule is COC(=O)c1cc(I)c(O)c(C2CCCCC2)c1. The zero-order chi connectivity index (χ0) is 13.1. The van der Waals surface area contributed by atoms with Gasteiger partial charge in [-0.3, -0.25) is 0 Å². The summed E-state index contributed by atoms with van der Waals surface area (Å²) in [5.41, 5.74) is 1.43. The zero-order valence-electron chi connectivity index (χ0n) is 10.4. The lowest BCUT2D eigenvalue weighted by Gasteiger charge is -2.23. The van der Waals surface area contributed by atoms with E-state index >= 15 is 0 Å². The lowest BCUT2D eigenvalue weighted by molar-refractivity contribution is 0.0600. The normalized spacial score (nSPS) is 16.6. The van der Waals surface area contributed by atoms with Crippen LogP contribution in [0.3, 0.4) is 0 Å². The smallest absolute Gasteiger partial charge is 0.337 e. The van der Waals surface area contributed by atoms with E-state index in [1.54, 1.807) is 12.1 Å². The minimum absolute atomic E-state index is 0.329. The van der Waals surface area contributed by atoms with Crippen molar-refractivity contribution >= 4 is 28.6 Å². The number of rotatable bonds is 2. The van der Waals surface area contributed by atoms with Crippen molar-refractivity contribution in [3.8, 4) is 5.75 Å². The molecule has 0 unspecified atom stereocenters. The number of phenolic OH excluding ortho intramolecular Hbond substituents is 1. The molecule has 1 aliphatic carbocycles. The lowest BCUT2D eigenvalue weighted by atomic mass is 9.83. The molecule has 0 saturated heterocycles. The van der Waals surface area contributed by atoms with Crippen LogP contribution in [0.15, 0.2) is 12.1 Å². The molecule has 3 nitrogen and oxygen atoms in total. The van der Waals surface area contributed by atoms with Gasteiger partial charge in [0.2, 0.25) is 0 Å². The first kappa shape index (κ1) is 13.6. The summed E-state index contributed by atoms with van der Waals surface area (Å²) in [6, 6.07) is 3.47. The Hall–Kier alpha value is -0.780. The highest BCUT2D eigenvalue weighted by Gasteiger charge is 2.22. The van der Waals surface area contributed by atoms with Crippen molar-refractivity contribution in [1.29, 1.82) is 0 Å². The first-order valence-corrected chi connectivity index (χ1v) is 7.32. The molecular formula is C14H17IO3. The van der Waals surface area contributed by atoms with Crippen molar-refractivity contribution in [2.75, 3.05) is 7.11 Å². The third-order valence-corrected chi connectivity index (χ3v) is 4.38. The van der Waals surface area contributed by atoms with E-state index in [0.717, 1.165) is 22.0 Å². The molecule has 1 N–H and O–H groups in total. The van der Waals surface area contributed by atoms with E-state index in [2.05, 4.69) is 22.6 Å². The summed E-state index contributed by atoms with van der Waals surface area (Å²) in [6.45, 7) is 0. The number of ether oxygens (including phenoxy) is 1. The third kappa shape index (κ3) is 2.79. The number of esters is 1. The molecule has 98 valence electrons. The summed E-state index contributed by atoms with van der Waals surface area (Å²) in [5, 5.41) is 10.2. The predicted molar refractivity (Wildman–Crippen MR) is 78.0 cm³/mol. The second kappa shape index (κ2) is 5.91. The van der Waals surface area contributed by atoms with Gasteiger partial charge in [0.05, 0.1) is 16.2 Å². The molecule has 1 aliphatic rings. The standard InChI is InChI=1S/C14H17IO3/c1-18-14(17)10-7-11(13(16)12(15)8-10)9-5-3-2-4-6-9/h7-9,16H,2-6H2,1H3. The van der Waals surface area contributed by atoms with Gasteiger partial charge in [0.1, 0.15) is 5.75 Å². The van der Waals surface area contributed by atoms with E-state index in [9.17, 15) is 9.90 Å². The molecule has 4 heteroatoms. The Morgan fingerprint density at radius 3 is 2.61 bits per heavy atom. The number of methoxy groups -OCH3 is 1. The average molecular weight is 360 g/mol. The van der Waals surface area contributed by atoms with Crippen LogP contribution in [0.25, 0.3) is 0 Å². The monoisotopic (exact) mass is 360 g/mol. The molecule has 0 atom stereocenters. The highest BCUT2D eigenvalue weighted by Crippen LogP contribution is 2.39. The average Bonchev–Trinajstić information content (AvgIpc) is 2.41. The first-order valence-electron chi connectivity index (χ1n) is 6.24. The van der Waals surface area contributed by atoms with Gasteiger partial charge in [-0.15, -0.1) is 0 Å². The largest absolute Gasteiger partial charge is 0.507 e. The van der Waals surface area contributed by atoms with E-state index < -0.39 is 0 Å². The van der Waals surface area contributed by atoms with Gasteiger partial charge < -0.3 is 9.84 Å². The summed E-state index contributed by atoms with van der Waals surface area (Å²) in [4.78, 5) is 11.6. The molecule has 0 aliphatic heterocycles. The quantitative estimate of drug-likeness (QED) is 0.644. The first-order chi connectivity index (χ1) is 8.63. The third-order valence-electron chi connectivity index (χ3n) is 3.56. The van der Waals surface area contributed by atoms with Crippen LogP contribution in [0.1, 0.15) is 53.9 Å². The minimum Gasteiger partial charge on any atom is -0.507 e. The van der Waals surface area contributed by atoms with Gasteiger partial charge in [-0.1, -0.05) is 19.3 Å². The maximum absolute atomic E-state index is 11.6. The molecule has 0 amide bonds. The number of carbonyl (C=O) groups excluding carboxylic acids is 1. The second-order valence-corrected chi connectivity index (χ2v) is 5.88. The molecule has 1 aromatic rings. The van der Waals surface area contributed by atoms with Crippen LogP contribution in [0.5, 0.6) is 5.75 Å². The fourth-order valence-electron chi connectivity index (χ4n) is 2.58. The van der Waals surface area contributed by atoms with Crippen molar-refractivity contribution < 1.29 is 14.6 Å². The lowest BCUT2D eigenvalue weighted by Crippen LogP contribution is -2.08. The molecule has 0 spiro atoms. The molecule has 1 fully saturated rings. The Kier molecular flexibility index (Phi) is 4.48. The van der Waals surface area contributed by atoms with Gasteiger partial charge in [-0.05, 0) is 59.0 Å². The predicted octanol–water partition coefficient (Wildman–Crippen LogP) is 3.83. The maximum atomic E-state index is 11.6. The van der Waals surface area contributed by atoms with E-state index in [0.29, 0.717) is 17.2 Å². The van der Waals surface area contributed by atoms with E-state index in [1.165, 1.54) is 26.4 Å². The Morgan fingerprint density at radius 2 is 2.00 bits per heavy atom. The molecule has 18 heavy (non-hydrogen) atoms. The highest BCUT2D eigenvalue weighted by atomic mass is 127. The number of hydrogen-bond donors (Lipinski definition) is 1. The molecule has 0 heterocycles. The summed E-state index contributed by atoms with van der Waals surface area (Å²) >= 11 is 2.06. The Balaban J connectivity index is 2.38. The van der Waals surface area contributed by atoms with Gasteiger partial charge in [-0.25, -0.2) is 4.79 Å². The molecule has 0 bridgehead atoms. The fourth-order valence-corrected chi connectivity index (χ4v) is 3.23. The zero-order valence-corrected chi connectivity index (χ0v) is 12.6. The Labute approximate surface area is 121 Å². The van der Waals surface area contributed by atoms with Crippen LogP contribution in [0, 0.1) is 3.57 Å². The van der Waals surface area contributed by atoms with Crippen LogP contribution in [-0.4, -0.2) is 18.2 Å². The number of phenols is 1. The number of hydrogen-bond acceptors (Lipinski definition) is 3. The molecule has 2 rings (SSSR count). The number of benzene rings is 1. The summed E-state index contributed by atoms with van der Waals surface area (Å²) < 4.78 is 5.47. The van der Waals surface area contributed by atoms with Gasteiger partial charge in [0, 0.05) is 0 Å². The van der Waals surface area contributed by atoms with Crippen molar-refractivity contribution in [2.24, 2.45) is 0 Å². The summed E-state index contributed by atoms with van der Waals surface area (Å²) in [5.74, 6) is 0.358.